The first-order valence-electron chi connectivity index (χ1n) is 7.44. The second kappa shape index (κ2) is 8.67. The Kier molecular flexibility index (Phi) is 7.22. The minimum absolute atomic E-state index is 0.0340. The summed E-state index contributed by atoms with van der Waals surface area (Å²) in [6.07, 6.45) is 1.05. The molecule has 0 atom stereocenters. The van der Waals surface area contributed by atoms with Gasteiger partial charge < -0.3 is 19.9 Å². The fourth-order valence-electron chi connectivity index (χ4n) is 2.34. The van der Waals surface area contributed by atoms with Gasteiger partial charge in [0.05, 0.1) is 12.5 Å². The number of methoxy groups -OCH3 is 1. The molecule has 0 radical (unpaired) electrons. The van der Waals surface area contributed by atoms with Gasteiger partial charge in [-0.05, 0) is 30.5 Å². The lowest BCUT2D eigenvalue weighted by atomic mass is 9.82. The van der Waals surface area contributed by atoms with Gasteiger partial charge in [-0.1, -0.05) is 19.9 Å². The summed E-state index contributed by atoms with van der Waals surface area (Å²) >= 11 is 0. The van der Waals surface area contributed by atoms with Crippen LogP contribution in [0.25, 0.3) is 0 Å². The molecule has 1 rings (SSSR count). The lowest BCUT2D eigenvalue weighted by molar-refractivity contribution is -0.149. The Hall–Kier alpha value is -1.89. The van der Waals surface area contributed by atoms with Crippen molar-refractivity contribution >= 4 is 5.97 Å². The molecule has 0 saturated carbocycles. The van der Waals surface area contributed by atoms with Gasteiger partial charge in [-0.15, -0.1) is 0 Å². The van der Waals surface area contributed by atoms with Gasteiger partial charge in [0, 0.05) is 13.1 Å². The number of carboxylic acids is 1. The minimum Gasteiger partial charge on any atom is -0.493 e. The molecule has 23 heavy (non-hydrogen) atoms. The minimum atomic E-state index is -2.92. The van der Waals surface area contributed by atoms with Gasteiger partial charge in [0.15, 0.2) is 11.5 Å². The molecule has 1 aromatic carbocycles. The van der Waals surface area contributed by atoms with Gasteiger partial charge in [-0.2, -0.15) is 8.78 Å². The van der Waals surface area contributed by atoms with Gasteiger partial charge in [0.25, 0.3) is 0 Å². The van der Waals surface area contributed by atoms with Crippen LogP contribution < -0.4 is 14.8 Å². The number of alkyl halides is 2. The zero-order valence-corrected chi connectivity index (χ0v) is 13.6. The van der Waals surface area contributed by atoms with Gasteiger partial charge in [-0.3, -0.25) is 4.79 Å². The van der Waals surface area contributed by atoms with E-state index in [4.69, 9.17) is 4.74 Å². The molecule has 130 valence electrons. The molecule has 7 heteroatoms. The van der Waals surface area contributed by atoms with E-state index in [9.17, 15) is 18.7 Å². The number of nitrogens with one attached hydrogen (secondary N) is 1. The van der Waals surface area contributed by atoms with Crippen molar-refractivity contribution in [2.45, 2.75) is 39.8 Å². The van der Waals surface area contributed by atoms with E-state index < -0.39 is 18.0 Å². The van der Waals surface area contributed by atoms with Gasteiger partial charge in [0.1, 0.15) is 0 Å². The summed E-state index contributed by atoms with van der Waals surface area (Å²) in [5.74, 6) is -0.651. The van der Waals surface area contributed by atoms with E-state index >= 15 is 0 Å². The van der Waals surface area contributed by atoms with E-state index in [2.05, 4.69) is 10.1 Å². The SMILES string of the molecule is CCC(CC)(CNCc1ccc(OC(F)F)c(OC)c1)C(=O)O. The van der Waals surface area contributed by atoms with E-state index in [1.807, 2.05) is 13.8 Å². The topological polar surface area (TPSA) is 67.8 Å². The molecule has 0 fully saturated rings. The van der Waals surface area contributed by atoms with E-state index in [1.54, 1.807) is 12.1 Å². The van der Waals surface area contributed by atoms with Crippen molar-refractivity contribution in [3.05, 3.63) is 23.8 Å². The van der Waals surface area contributed by atoms with Crippen molar-refractivity contribution in [2.75, 3.05) is 13.7 Å². The highest BCUT2D eigenvalue weighted by Gasteiger charge is 2.34. The molecule has 0 aliphatic rings. The molecule has 0 amide bonds. The normalized spacial score (nSPS) is 11.6. The third-order valence-corrected chi connectivity index (χ3v) is 4.04. The van der Waals surface area contributed by atoms with E-state index in [-0.39, 0.29) is 11.5 Å². The number of aliphatic carboxylic acids is 1. The summed E-state index contributed by atoms with van der Waals surface area (Å²) in [5.41, 5.74) is -0.0158. The molecule has 0 bridgehead atoms. The zero-order valence-electron chi connectivity index (χ0n) is 13.6. The fourth-order valence-corrected chi connectivity index (χ4v) is 2.34. The molecule has 0 aliphatic carbocycles. The van der Waals surface area contributed by atoms with Crippen LogP contribution >= 0.6 is 0 Å². The molecule has 0 spiro atoms. The van der Waals surface area contributed by atoms with Crippen molar-refractivity contribution in [1.29, 1.82) is 0 Å². The molecule has 0 heterocycles. The van der Waals surface area contributed by atoms with Crippen LogP contribution in [0.4, 0.5) is 8.78 Å². The maximum atomic E-state index is 12.3. The predicted octanol–water partition coefficient (Wildman–Crippen LogP) is 3.28. The molecular formula is C16H23F2NO4. The summed E-state index contributed by atoms with van der Waals surface area (Å²) in [6, 6.07) is 4.63. The Balaban J connectivity index is 2.73. The predicted molar refractivity (Wildman–Crippen MR) is 82.0 cm³/mol. The first kappa shape index (κ1) is 19.2. The molecule has 0 aromatic heterocycles. The van der Waals surface area contributed by atoms with E-state index in [0.717, 1.165) is 5.56 Å². The van der Waals surface area contributed by atoms with Crippen LogP contribution in [0.3, 0.4) is 0 Å². The number of carboxylic acid groups (broad SMARTS) is 1. The van der Waals surface area contributed by atoms with Gasteiger partial charge >= 0.3 is 12.6 Å². The van der Waals surface area contributed by atoms with Crippen molar-refractivity contribution in [2.24, 2.45) is 5.41 Å². The molecule has 0 unspecified atom stereocenters. The van der Waals surface area contributed by atoms with Crippen molar-refractivity contribution < 1.29 is 28.2 Å². The van der Waals surface area contributed by atoms with Gasteiger partial charge in [0.2, 0.25) is 0 Å². The first-order valence-corrected chi connectivity index (χ1v) is 7.44. The molecule has 2 N–H and O–H groups in total. The number of hydrogen-bond acceptors (Lipinski definition) is 4. The maximum Gasteiger partial charge on any atom is 0.387 e. The van der Waals surface area contributed by atoms with Crippen molar-refractivity contribution in [3.8, 4) is 11.5 Å². The Morgan fingerprint density at radius 2 is 1.96 bits per heavy atom. The van der Waals surface area contributed by atoms with Crippen molar-refractivity contribution in [3.63, 3.8) is 0 Å². The van der Waals surface area contributed by atoms with Crippen LogP contribution in [0.2, 0.25) is 0 Å². The molecule has 1 aromatic rings. The monoisotopic (exact) mass is 331 g/mol. The standard InChI is InChI=1S/C16H23F2NO4/c1-4-16(5-2,14(20)21)10-19-9-11-6-7-12(23-15(17)18)13(8-11)22-3/h6-8,15,19H,4-5,9-10H2,1-3H3,(H,20,21). The number of rotatable bonds is 10. The summed E-state index contributed by atoms with van der Waals surface area (Å²) < 4.78 is 34.0. The highest BCUT2D eigenvalue weighted by molar-refractivity contribution is 5.74. The Morgan fingerprint density at radius 3 is 2.43 bits per heavy atom. The Bertz CT molecular complexity index is 519. The lowest BCUT2D eigenvalue weighted by Crippen LogP contribution is -2.40. The second-order valence-electron chi connectivity index (χ2n) is 5.26. The number of benzene rings is 1. The highest BCUT2D eigenvalue weighted by Crippen LogP contribution is 2.30. The smallest absolute Gasteiger partial charge is 0.387 e. The molecule has 5 nitrogen and oxygen atoms in total. The highest BCUT2D eigenvalue weighted by atomic mass is 19.3. The van der Waals surface area contributed by atoms with Crippen molar-refractivity contribution in [1.82, 2.24) is 5.32 Å². The number of ether oxygens (including phenoxy) is 2. The van der Waals surface area contributed by atoms with Crippen LogP contribution in [-0.4, -0.2) is 31.3 Å². The first-order chi connectivity index (χ1) is 10.9. The van der Waals surface area contributed by atoms with Crippen LogP contribution in [-0.2, 0) is 11.3 Å². The average molecular weight is 331 g/mol. The number of carbonyl (C=O) groups is 1. The average Bonchev–Trinajstić information content (AvgIpc) is 2.52. The molecular weight excluding hydrogens is 308 g/mol. The quantitative estimate of drug-likeness (QED) is 0.689. The van der Waals surface area contributed by atoms with Crippen LogP contribution in [0.5, 0.6) is 11.5 Å². The maximum absolute atomic E-state index is 12.3. The Morgan fingerprint density at radius 1 is 1.30 bits per heavy atom. The van der Waals surface area contributed by atoms with Crippen LogP contribution in [0.1, 0.15) is 32.3 Å². The molecule has 0 saturated heterocycles. The largest absolute Gasteiger partial charge is 0.493 e. The van der Waals surface area contributed by atoms with E-state index in [1.165, 1.54) is 13.2 Å². The Labute approximate surface area is 134 Å². The summed E-state index contributed by atoms with van der Waals surface area (Å²) in [7, 11) is 1.37. The lowest BCUT2D eigenvalue weighted by Gasteiger charge is -2.27. The second-order valence-corrected chi connectivity index (χ2v) is 5.26. The van der Waals surface area contributed by atoms with Crippen LogP contribution in [0, 0.1) is 5.41 Å². The van der Waals surface area contributed by atoms with Gasteiger partial charge in [-0.25, -0.2) is 0 Å². The van der Waals surface area contributed by atoms with E-state index in [0.29, 0.717) is 25.9 Å². The molecule has 0 aliphatic heterocycles. The summed E-state index contributed by atoms with van der Waals surface area (Å²) in [5, 5.41) is 12.5. The van der Waals surface area contributed by atoms with Crippen LogP contribution in [0.15, 0.2) is 18.2 Å². The summed E-state index contributed by atoms with van der Waals surface area (Å²) in [6.45, 7) is 1.50. The zero-order chi connectivity index (χ0) is 17.5. The third kappa shape index (κ3) is 5.06. The summed E-state index contributed by atoms with van der Waals surface area (Å²) in [4.78, 5) is 11.4. The number of hydrogen-bond donors (Lipinski definition) is 2. The fraction of sp³-hybridized carbons (Fsp3) is 0.562. The third-order valence-electron chi connectivity index (χ3n) is 4.04. The number of halogens is 2.